The van der Waals surface area contributed by atoms with E-state index in [2.05, 4.69) is 5.10 Å². The van der Waals surface area contributed by atoms with Crippen LogP contribution in [0.4, 0.5) is 5.69 Å². The van der Waals surface area contributed by atoms with E-state index in [0.29, 0.717) is 19.7 Å². The normalized spacial score (nSPS) is 18.0. The van der Waals surface area contributed by atoms with E-state index in [9.17, 15) is 9.59 Å². The first-order chi connectivity index (χ1) is 11.4. The third kappa shape index (κ3) is 4.35. The average Bonchev–Trinajstić information content (AvgIpc) is 2.58. The summed E-state index contributed by atoms with van der Waals surface area (Å²) >= 11 is 0. The number of methoxy groups -OCH3 is 1. The fraction of sp³-hybridized carbons (Fsp3) is 0.706. The molecule has 24 heavy (non-hydrogen) atoms. The molecule has 134 valence electrons. The van der Waals surface area contributed by atoms with Crippen molar-refractivity contribution in [3.05, 3.63) is 22.6 Å². The van der Waals surface area contributed by atoms with Gasteiger partial charge in [0.1, 0.15) is 0 Å². The molecule has 1 atom stereocenters. The van der Waals surface area contributed by atoms with Gasteiger partial charge in [-0.1, -0.05) is 13.8 Å². The minimum atomic E-state index is -0.124. The van der Waals surface area contributed by atoms with Gasteiger partial charge in [-0.15, -0.1) is 0 Å². The van der Waals surface area contributed by atoms with Crippen molar-refractivity contribution in [2.24, 2.45) is 5.92 Å². The van der Waals surface area contributed by atoms with E-state index in [4.69, 9.17) is 4.74 Å². The molecule has 0 spiro atoms. The zero-order chi connectivity index (χ0) is 17.7. The molecule has 1 amide bonds. The molecule has 1 aromatic heterocycles. The highest BCUT2D eigenvalue weighted by Crippen LogP contribution is 2.21. The van der Waals surface area contributed by atoms with Gasteiger partial charge in [0.05, 0.1) is 24.5 Å². The lowest BCUT2D eigenvalue weighted by Crippen LogP contribution is -2.45. The fourth-order valence-corrected chi connectivity index (χ4v) is 2.97. The Morgan fingerprint density at radius 1 is 1.50 bits per heavy atom. The van der Waals surface area contributed by atoms with Crippen molar-refractivity contribution in [1.29, 1.82) is 0 Å². The molecule has 1 fully saturated rings. The third-order valence-electron chi connectivity index (χ3n) is 4.43. The van der Waals surface area contributed by atoms with E-state index in [1.807, 2.05) is 30.7 Å². The molecule has 0 unspecified atom stereocenters. The van der Waals surface area contributed by atoms with Crippen LogP contribution in [0.1, 0.15) is 32.7 Å². The molecule has 2 rings (SSSR count). The number of ether oxygens (including phenoxy) is 1. The van der Waals surface area contributed by atoms with E-state index in [-0.39, 0.29) is 23.4 Å². The number of rotatable bonds is 6. The largest absolute Gasteiger partial charge is 0.383 e. The molecule has 1 aromatic rings. The maximum absolute atomic E-state index is 12.5. The first kappa shape index (κ1) is 18.4. The standard InChI is InChI=1S/C17H28N4O3/c1-13(2)17(23)20-7-5-6-14(12-20)21-16(22)10-15(11-18-21)19(3)8-9-24-4/h10-11,13-14H,5-9,12H2,1-4H3/t14-/m0/s1. The van der Waals surface area contributed by atoms with Crippen molar-refractivity contribution in [1.82, 2.24) is 14.7 Å². The molecule has 0 saturated carbocycles. The average molecular weight is 336 g/mol. The minimum Gasteiger partial charge on any atom is -0.383 e. The Labute approximate surface area is 143 Å². The zero-order valence-corrected chi connectivity index (χ0v) is 15.1. The summed E-state index contributed by atoms with van der Waals surface area (Å²) in [5.41, 5.74) is 0.653. The third-order valence-corrected chi connectivity index (χ3v) is 4.43. The predicted octanol–water partition coefficient (Wildman–Crippen LogP) is 1.15. The molecule has 0 bridgehead atoms. The lowest BCUT2D eigenvalue weighted by molar-refractivity contribution is -0.136. The lowest BCUT2D eigenvalue weighted by atomic mass is 10.0. The van der Waals surface area contributed by atoms with E-state index < -0.39 is 0 Å². The van der Waals surface area contributed by atoms with Gasteiger partial charge in [0.2, 0.25) is 5.91 Å². The summed E-state index contributed by atoms with van der Waals surface area (Å²) in [5, 5.41) is 4.35. The van der Waals surface area contributed by atoms with Crippen molar-refractivity contribution < 1.29 is 9.53 Å². The summed E-state index contributed by atoms with van der Waals surface area (Å²) in [6.45, 7) is 6.42. The van der Waals surface area contributed by atoms with Gasteiger partial charge in [-0.2, -0.15) is 5.10 Å². The summed E-state index contributed by atoms with van der Waals surface area (Å²) < 4.78 is 6.57. The summed E-state index contributed by atoms with van der Waals surface area (Å²) in [6.07, 6.45) is 3.47. The second-order valence-electron chi connectivity index (χ2n) is 6.65. The van der Waals surface area contributed by atoms with Crippen molar-refractivity contribution in [2.75, 3.05) is 45.3 Å². The number of nitrogens with zero attached hydrogens (tertiary/aromatic N) is 4. The Balaban J connectivity index is 2.11. The summed E-state index contributed by atoms with van der Waals surface area (Å²) in [6, 6.07) is 1.55. The minimum absolute atomic E-state index is 0.0229. The molecular formula is C17H28N4O3. The molecule has 1 aliphatic rings. The van der Waals surface area contributed by atoms with Gasteiger partial charge < -0.3 is 14.5 Å². The van der Waals surface area contributed by atoms with Crippen LogP contribution in [-0.4, -0.2) is 61.0 Å². The Morgan fingerprint density at radius 3 is 2.88 bits per heavy atom. The van der Waals surface area contributed by atoms with Crippen molar-refractivity contribution >= 4 is 11.6 Å². The van der Waals surface area contributed by atoms with Gasteiger partial charge in [0, 0.05) is 45.8 Å². The van der Waals surface area contributed by atoms with Crippen molar-refractivity contribution in [3.8, 4) is 0 Å². The lowest BCUT2D eigenvalue weighted by Gasteiger charge is -2.34. The first-order valence-electron chi connectivity index (χ1n) is 8.51. The Kier molecular flexibility index (Phi) is 6.36. The monoisotopic (exact) mass is 336 g/mol. The van der Waals surface area contributed by atoms with Crippen LogP contribution < -0.4 is 10.5 Å². The molecule has 0 aromatic carbocycles. The van der Waals surface area contributed by atoms with Gasteiger partial charge in [-0.05, 0) is 12.8 Å². The van der Waals surface area contributed by atoms with E-state index >= 15 is 0 Å². The molecule has 1 aliphatic heterocycles. The predicted molar refractivity (Wildman–Crippen MR) is 93.3 cm³/mol. The van der Waals surface area contributed by atoms with Crippen LogP contribution in [0.25, 0.3) is 0 Å². The Bertz CT molecular complexity index is 614. The van der Waals surface area contributed by atoms with Crippen LogP contribution in [0.5, 0.6) is 0 Å². The van der Waals surface area contributed by atoms with Gasteiger partial charge in [0.25, 0.3) is 5.56 Å². The molecule has 2 heterocycles. The summed E-state index contributed by atoms with van der Waals surface area (Å²) in [5.74, 6) is 0.119. The number of hydrogen-bond acceptors (Lipinski definition) is 5. The van der Waals surface area contributed by atoms with Crippen LogP contribution in [0.3, 0.4) is 0 Å². The van der Waals surface area contributed by atoms with Gasteiger partial charge in [-0.25, -0.2) is 4.68 Å². The van der Waals surface area contributed by atoms with E-state index in [1.165, 1.54) is 4.68 Å². The number of anilines is 1. The van der Waals surface area contributed by atoms with Gasteiger partial charge >= 0.3 is 0 Å². The molecular weight excluding hydrogens is 308 g/mol. The quantitative estimate of drug-likeness (QED) is 0.779. The van der Waals surface area contributed by atoms with Crippen LogP contribution in [0, 0.1) is 5.92 Å². The fourth-order valence-electron chi connectivity index (χ4n) is 2.97. The Hall–Kier alpha value is -1.89. The molecule has 0 N–H and O–H groups in total. The molecule has 7 heteroatoms. The number of carbonyl (C=O) groups excluding carboxylic acids is 1. The number of likely N-dealkylation sites (tertiary alicyclic amines) is 1. The molecule has 0 radical (unpaired) electrons. The van der Waals surface area contributed by atoms with Crippen LogP contribution in [0.2, 0.25) is 0 Å². The highest BCUT2D eigenvalue weighted by molar-refractivity contribution is 5.78. The maximum atomic E-state index is 12.5. The van der Waals surface area contributed by atoms with Crippen LogP contribution >= 0.6 is 0 Å². The SMILES string of the molecule is COCCN(C)c1cnn([C@H]2CCCN(C(=O)C(C)C)C2)c(=O)c1. The van der Waals surface area contributed by atoms with Gasteiger partial charge in [0.15, 0.2) is 0 Å². The topological polar surface area (TPSA) is 67.7 Å². The number of carbonyl (C=O) groups is 1. The molecule has 0 aliphatic carbocycles. The van der Waals surface area contributed by atoms with E-state index in [0.717, 1.165) is 25.1 Å². The highest BCUT2D eigenvalue weighted by Gasteiger charge is 2.27. The van der Waals surface area contributed by atoms with Crippen LogP contribution in [-0.2, 0) is 9.53 Å². The Morgan fingerprint density at radius 2 is 2.25 bits per heavy atom. The summed E-state index contributed by atoms with van der Waals surface area (Å²) in [4.78, 5) is 28.5. The second-order valence-corrected chi connectivity index (χ2v) is 6.65. The smallest absolute Gasteiger partial charge is 0.269 e. The van der Waals surface area contributed by atoms with Crippen LogP contribution in [0.15, 0.2) is 17.1 Å². The first-order valence-corrected chi connectivity index (χ1v) is 8.51. The number of aromatic nitrogens is 2. The van der Waals surface area contributed by atoms with Gasteiger partial charge in [-0.3, -0.25) is 9.59 Å². The number of piperidine rings is 1. The zero-order valence-electron chi connectivity index (χ0n) is 15.1. The number of hydrogen-bond donors (Lipinski definition) is 0. The molecule has 1 saturated heterocycles. The van der Waals surface area contributed by atoms with E-state index in [1.54, 1.807) is 19.4 Å². The number of amides is 1. The summed E-state index contributed by atoms with van der Waals surface area (Å²) in [7, 11) is 3.56. The maximum Gasteiger partial charge on any atom is 0.269 e. The highest BCUT2D eigenvalue weighted by atomic mass is 16.5. The van der Waals surface area contributed by atoms with Crippen molar-refractivity contribution in [3.63, 3.8) is 0 Å². The number of likely N-dealkylation sites (N-methyl/N-ethyl adjacent to an activating group) is 1. The van der Waals surface area contributed by atoms with Crippen molar-refractivity contribution in [2.45, 2.75) is 32.7 Å². The molecule has 7 nitrogen and oxygen atoms in total. The second kappa shape index (κ2) is 8.28.